The molecule has 0 heterocycles. The molecule has 2 aliphatic rings. The predicted molar refractivity (Wildman–Crippen MR) is 55.6 cm³/mol. The van der Waals surface area contributed by atoms with E-state index in [2.05, 4.69) is 18.7 Å². The Morgan fingerprint density at radius 2 is 2.14 bits per heavy atom. The average molecular weight is 194 g/mol. The van der Waals surface area contributed by atoms with Crippen molar-refractivity contribution in [2.45, 2.75) is 18.9 Å². The van der Waals surface area contributed by atoms with Crippen LogP contribution in [-0.4, -0.2) is 22.4 Å². The topological polar surface area (TPSA) is 40.5 Å². The summed E-state index contributed by atoms with van der Waals surface area (Å²) >= 11 is 0. The van der Waals surface area contributed by atoms with Crippen molar-refractivity contribution in [2.75, 3.05) is 6.61 Å². The largest absolute Gasteiger partial charge is 0.396 e. The lowest BCUT2D eigenvalue weighted by Gasteiger charge is -2.36. The number of rotatable bonds is 3. The van der Waals surface area contributed by atoms with Gasteiger partial charge in [-0.05, 0) is 31.1 Å². The van der Waals surface area contributed by atoms with Crippen LogP contribution in [0.5, 0.6) is 0 Å². The fraction of sp³-hybridized carbons (Fsp3) is 0.667. The SMILES string of the molecule is C=C[C@](C)(O)[C@H]1[C@@H](CO)[C@H]2C=C[C@@H]1C2. The molecule has 0 aromatic heterocycles. The predicted octanol–water partition coefficient (Wildman–Crippen LogP) is 1.35. The van der Waals surface area contributed by atoms with Gasteiger partial charge < -0.3 is 10.2 Å². The molecule has 0 spiro atoms. The summed E-state index contributed by atoms with van der Waals surface area (Å²) in [6.45, 7) is 5.63. The van der Waals surface area contributed by atoms with Crippen molar-refractivity contribution in [3.63, 3.8) is 0 Å². The highest BCUT2D eigenvalue weighted by Gasteiger charge is 2.50. The average Bonchev–Trinajstić information content (AvgIpc) is 2.76. The minimum Gasteiger partial charge on any atom is -0.396 e. The highest BCUT2D eigenvalue weighted by molar-refractivity contribution is 5.19. The molecule has 5 atom stereocenters. The molecule has 1 fully saturated rings. The van der Waals surface area contributed by atoms with Gasteiger partial charge in [-0.3, -0.25) is 0 Å². The maximum Gasteiger partial charge on any atom is 0.0834 e. The minimum atomic E-state index is -0.850. The molecule has 78 valence electrons. The Labute approximate surface area is 85.0 Å². The Morgan fingerprint density at radius 3 is 2.71 bits per heavy atom. The first-order chi connectivity index (χ1) is 6.60. The Kier molecular flexibility index (Phi) is 2.28. The number of aliphatic hydroxyl groups is 2. The Balaban J connectivity index is 2.27. The van der Waals surface area contributed by atoms with E-state index in [1.165, 1.54) is 0 Å². The van der Waals surface area contributed by atoms with Crippen LogP contribution in [0.15, 0.2) is 24.8 Å². The van der Waals surface area contributed by atoms with Crippen molar-refractivity contribution in [2.24, 2.45) is 23.7 Å². The van der Waals surface area contributed by atoms with Crippen LogP contribution >= 0.6 is 0 Å². The first-order valence-corrected chi connectivity index (χ1v) is 5.25. The molecule has 2 nitrogen and oxygen atoms in total. The van der Waals surface area contributed by atoms with E-state index in [0.717, 1.165) is 6.42 Å². The summed E-state index contributed by atoms with van der Waals surface area (Å²) in [5.41, 5.74) is -0.850. The van der Waals surface area contributed by atoms with Crippen molar-refractivity contribution in [3.05, 3.63) is 24.8 Å². The summed E-state index contributed by atoms with van der Waals surface area (Å²) in [6.07, 6.45) is 7.05. The van der Waals surface area contributed by atoms with Crippen molar-refractivity contribution in [1.82, 2.24) is 0 Å². The van der Waals surface area contributed by atoms with Crippen LogP contribution in [0.4, 0.5) is 0 Å². The molecule has 2 N–H and O–H groups in total. The van der Waals surface area contributed by atoms with Gasteiger partial charge in [0.1, 0.15) is 0 Å². The van der Waals surface area contributed by atoms with Gasteiger partial charge in [-0.2, -0.15) is 0 Å². The van der Waals surface area contributed by atoms with Gasteiger partial charge in [0.25, 0.3) is 0 Å². The second-order valence-corrected chi connectivity index (χ2v) is 4.75. The van der Waals surface area contributed by atoms with Crippen LogP contribution in [-0.2, 0) is 0 Å². The van der Waals surface area contributed by atoms with Gasteiger partial charge in [0.15, 0.2) is 0 Å². The van der Waals surface area contributed by atoms with E-state index in [4.69, 9.17) is 0 Å². The molecule has 2 heteroatoms. The van der Waals surface area contributed by atoms with Crippen molar-refractivity contribution >= 4 is 0 Å². The summed E-state index contributed by atoms with van der Waals surface area (Å²) in [5.74, 6) is 1.23. The Hall–Kier alpha value is -0.600. The molecule has 0 radical (unpaired) electrons. The summed E-state index contributed by atoms with van der Waals surface area (Å²) in [4.78, 5) is 0. The quantitative estimate of drug-likeness (QED) is 0.666. The molecule has 1 saturated carbocycles. The monoisotopic (exact) mass is 194 g/mol. The molecule has 0 amide bonds. The Bertz CT molecular complexity index is 267. The van der Waals surface area contributed by atoms with E-state index in [-0.39, 0.29) is 18.4 Å². The second kappa shape index (κ2) is 3.21. The fourth-order valence-electron chi connectivity index (χ4n) is 3.18. The van der Waals surface area contributed by atoms with E-state index in [1.54, 1.807) is 13.0 Å². The standard InChI is InChI=1S/C12H18O2/c1-3-12(2,14)11-9-5-4-8(6-9)10(11)7-13/h3-5,8-11,13-14H,1,6-7H2,2H3/t8-,9+,10-,11+,12-/m0/s1. The third kappa shape index (κ3) is 1.25. The second-order valence-electron chi connectivity index (χ2n) is 4.75. The van der Waals surface area contributed by atoms with Gasteiger partial charge in [-0.15, -0.1) is 6.58 Å². The number of hydrogen-bond donors (Lipinski definition) is 2. The van der Waals surface area contributed by atoms with Crippen LogP contribution in [0, 0.1) is 23.7 Å². The summed E-state index contributed by atoms with van der Waals surface area (Å²) in [7, 11) is 0. The van der Waals surface area contributed by atoms with Crippen molar-refractivity contribution in [1.29, 1.82) is 0 Å². The highest BCUT2D eigenvalue weighted by Crippen LogP contribution is 2.52. The number of hydrogen-bond acceptors (Lipinski definition) is 2. The molecule has 2 aliphatic carbocycles. The zero-order valence-electron chi connectivity index (χ0n) is 8.56. The lowest BCUT2D eigenvalue weighted by molar-refractivity contribution is -0.00533. The molecular weight excluding hydrogens is 176 g/mol. The molecular formula is C12H18O2. The molecule has 0 unspecified atom stereocenters. The van der Waals surface area contributed by atoms with Crippen LogP contribution in [0.1, 0.15) is 13.3 Å². The van der Waals surface area contributed by atoms with Crippen LogP contribution in [0.3, 0.4) is 0 Å². The third-order valence-corrected chi connectivity index (χ3v) is 3.92. The van der Waals surface area contributed by atoms with Gasteiger partial charge in [0.2, 0.25) is 0 Å². The molecule has 0 aromatic rings. The van der Waals surface area contributed by atoms with E-state index < -0.39 is 5.60 Å². The Morgan fingerprint density at radius 1 is 1.50 bits per heavy atom. The zero-order valence-corrected chi connectivity index (χ0v) is 8.56. The first-order valence-electron chi connectivity index (χ1n) is 5.25. The maximum atomic E-state index is 10.2. The number of aliphatic hydroxyl groups excluding tert-OH is 1. The van der Waals surface area contributed by atoms with Crippen molar-refractivity contribution in [3.8, 4) is 0 Å². The van der Waals surface area contributed by atoms with E-state index in [9.17, 15) is 10.2 Å². The van der Waals surface area contributed by atoms with E-state index >= 15 is 0 Å². The summed E-state index contributed by atoms with van der Waals surface area (Å²) < 4.78 is 0. The van der Waals surface area contributed by atoms with Gasteiger partial charge in [0, 0.05) is 12.5 Å². The molecule has 14 heavy (non-hydrogen) atoms. The lowest BCUT2D eigenvalue weighted by atomic mass is 9.73. The summed E-state index contributed by atoms with van der Waals surface area (Å²) in [5, 5.41) is 19.5. The number of allylic oxidation sites excluding steroid dienone is 2. The fourth-order valence-corrected chi connectivity index (χ4v) is 3.18. The van der Waals surface area contributed by atoms with Crippen LogP contribution in [0.2, 0.25) is 0 Å². The maximum absolute atomic E-state index is 10.2. The smallest absolute Gasteiger partial charge is 0.0834 e. The molecule has 2 rings (SSSR count). The van der Waals surface area contributed by atoms with Crippen molar-refractivity contribution < 1.29 is 10.2 Å². The van der Waals surface area contributed by atoms with Gasteiger partial charge >= 0.3 is 0 Å². The molecule has 0 aromatic carbocycles. The van der Waals surface area contributed by atoms with Gasteiger partial charge in [0.05, 0.1) is 5.60 Å². The minimum absolute atomic E-state index is 0.139. The normalized spacial score (nSPS) is 43.9. The lowest BCUT2D eigenvalue weighted by Crippen LogP contribution is -2.41. The first kappa shape index (κ1) is 9.94. The van der Waals surface area contributed by atoms with Gasteiger partial charge in [-0.1, -0.05) is 18.2 Å². The zero-order chi connectivity index (χ0) is 10.3. The van der Waals surface area contributed by atoms with Crippen LogP contribution in [0.25, 0.3) is 0 Å². The summed E-state index contributed by atoms with van der Waals surface area (Å²) in [6, 6.07) is 0. The molecule has 0 aliphatic heterocycles. The van der Waals surface area contributed by atoms with E-state index in [0.29, 0.717) is 11.8 Å². The molecule has 0 saturated heterocycles. The van der Waals surface area contributed by atoms with Crippen LogP contribution < -0.4 is 0 Å². The third-order valence-electron chi connectivity index (χ3n) is 3.92. The van der Waals surface area contributed by atoms with E-state index in [1.807, 2.05) is 0 Å². The molecule has 2 bridgehead atoms. The highest BCUT2D eigenvalue weighted by atomic mass is 16.3. The number of fused-ring (bicyclic) bond motifs is 2. The van der Waals surface area contributed by atoms with Gasteiger partial charge in [-0.25, -0.2) is 0 Å².